The summed E-state index contributed by atoms with van der Waals surface area (Å²) in [5.41, 5.74) is 0. The van der Waals surface area contributed by atoms with Crippen LogP contribution in [0.4, 0.5) is 0 Å². The highest BCUT2D eigenvalue weighted by Crippen LogP contribution is 2.41. The third kappa shape index (κ3) is 1.64. The van der Waals surface area contributed by atoms with Crippen LogP contribution in [0, 0.1) is 23.7 Å². The summed E-state index contributed by atoms with van der Waals surface area (Å²) in [5, 5.41) is 0. The van der Waals surface area contributed by atoms with Gasteiger partial charge in [0.1, 0.15) is 0 Å². The fourth-order valence-corrected chi connectivity index (χ4v) is 2.73. The number of thiocarbonyl (C=S) groups is 1. The van der Waals surface area contributed by atoms with Crippen LogP contribution in [0.25, 0.3) is 0 Å². The molecule has 1 saturated carbocycles. The highest BCUT2D eigenvalue weighted by molar-refractivity contribution is 7.80. The zero-order valence-corrected chi connectivity index (χ0v) is 8.74. The molecule has 1 fully saturated rings. The number of hydrogen-bond acceptors (Lipinski definition) is 1. The van der Waals surface area contributed by atoms with Gasteiger partial charge in [-0.1, -0.05) is 39.9 Å². The lowest BCUT2D eigenvalue weighted by Gasteiger charge is -2.43. The predicted octanol–water partition coefficient (Wildman–Crippen LogP) is 3.30. The second-order valence-electron chi connectivity index (χ2n) is 4.35. The first-order valence-corrected chi connectivity index (χ1v) is 4.97. The minimum Gasteiger partial charge on any atom is -0.0894 e. The van der Waals surface area contributed by atoms with Crippen molar-refractivity contribution in [3.8, 4) is 0 Å². The predicted molar refractivity (Wildman–Crippen MR) is 53.9 cm³/mol. The molecule has 0 radical (unpaired) electrons. The Hall–Kier alpha value is 0.0900. The molecule has 1 aliphatic carbocycles. The summed E-state index contributed by atoms with van der Waals surface area (Å²) in [6.07, 6.45) is 1.20. The van der Waals surface area contributed by atoms with Crippen LogP contribution in [-0.2, 0) is 0 Å². The van der Waals surface area contributed by atoms with E-state index in [9.17, 15) is 0 Å². The van der Waals surface area contributed by atoms with Crippen LogP contribution in [0.3, 0.4) is 0 Å². The van der Waals surface area contributed by atoms with Crippen molar-refractivity contribution >= 4 is 17.1 Å². The first-order chi connectivity index (χ1) is 5.04. The molecule has 64 valence electrons. The van der Waals surface area contributed by atoms with Crippen LogP contribution in [0.2, 0.25) is 0 Å². The van der Waals surface area contributed by atoms with Crippen LogP contribution in [0.15, 0.2) is 0 Å². The highest BCUT2D eigenvalue weighted by atomic mass is 32.1. The van der Waals surface area contributed by atoms with E-state index in [1.807, 2.05) is 0 Å². The Balaban J connectivity index is 2.55. The molecule has 11 heavy (non-hydrogen) atoms. The molecule has 0 spiro atoms. The van der Waals surface area contributed by atoms with Crippen molar-refractivity contribution in [1.29, 1.82) is 0 Å². The minimum atomic E-state index is 0.741. The van der Waals surface area contributed by atoms with E-state index < -0.39 is 0 Å². The summed E-state index contributed by atoms with van der Waals surface area (Å²) in [6.45, 7) is 9.18. The van der Waals surface area contributed by atoms with Crippen LogP contribution >= 0.6 is 12.2 Å². The molecule has 1 aliphatic rings. The van der Waals surface area contributed by atoms with Gasteiger partial charge in [-0.15, -0.1) is 0 Å². The number of hydrogen-bond donors (Lipinski definition) is 0. The van der Waals surface area contributed by atoms with Crippen LogP contribution < -0.4 is 0 Å². The van der Waals surface area contributed by atoms with Gasteiger partial charge in [-0.2, -0.15) is 0 Å². The van der Waals surface area contributed by atoms with Crippen molar-refractivity contribution in [2.24, 2.45) is 23.7 Å². The molecule has 0 aromatic rings. The molecule has 0 aliphatic heterocycles. The molecule has 0 N–H and O–H groups in total. The lowest BCUT2D eigenvalue weighted by atomic mass is 9.63. The largest absolute Gasteiger partial charge is 0.0894 e. The molecule has 2 unspecified atom stereocenters. The van der Waals surface area contributed by atoms with E-state index in [2.05, 4.69) is 27.7 Å². The Morgan fingerprint density at radius 2 is 1.73 bits per heavy atom. The molecule has 0 aromatic carbocycles. The summed E-state index contributed by atoms with van der Waals surface area (Å²) < 4.78 is 0. The maximum Gasteiger partial charge on any atom is -0.00320 e. The summed E-state index contributed by atoms with van der Waals surface area (Å²) >= 11 is 5.28. The average Bonchev–Trinajstić information content (AvgIpc) is 1.80. The van der Waals surface area contributed by atoms with Gasteiger partial charge < -0.3 is 0 Å². The lowest BCUT2D eigenvalue weighted by molar-refractivity contribution is 0.220. The van der Waals surface area contributed by atoms with Crippen LogP contribution in [0.1, 0.15) is 34.1 Å². The van der Waals surface area contributed by atoms with Crippen molar-refractivity contribution in [2.45, 2.75) is 34.1 Å². The van der Waals surface area contributed by atoms with E-state index in [4.69, 9.17) is 12.2 Å². The maximum absolute atomic E-state index is 5.28. The standard InChI is InChI=1S/C10H18S/c1-6(2)8-5-9(11)10(8)7(3)4/h6-8,10H,5H2,1-4H3. The normalized spacial score (nSPS) is 31.3. The van der Waals surface area contributed by atoms with E-state index in [1.165, 1.54) is 11.3 Å². The van der Waals surface area contributed by atoms with Gasteiger partial charge >= 0.3 is 0 Å². The van der Waals surface area contributed by atoms with Gasteiger partial charge in [-0.3, -0.25) is 0 Å². The molecule has 0 amide bonds. The first kappa shape index (κ1) is 9.18. The van der Waals surface area contributed by atoms with Crippen molar-refractivity contribution in [1.82, 2.24) is 0 Å². The molecule has 0 saturated heterocycles. The Labute approximate surface area is 75.4 Å². The summed E-state index contributed by atoms with van der Waals surface area (Å²) in [4.78, 5) is 1.32. The quantitative estimate of drug-likeness (QED) is 0.573. The van der Waals surface area contributed by atoms with Crippen LogP contribution in [-0.4, -0.2) is 4.86 Å². The van der Waals surface area contributed by atoms with Gasteiger partial charge in [0.05, 0.1) is 0 Å². The van der Waals surface area contributed by atoms with Crippen molar-refractivity contribution in [2.75, 3.05) is 0 Å². The van der Waals surface area contributed by atoms with Crippen molar-refractivity contribution in [3.63, 3.8) is 0 Å². The minimum absolute atomic E-state index is 0.741. The second kappa shape index (κ2) is 3.22. The third-order valence-corrected chi connectivity index (χ3v) is 3.28. The second-order valence-corrected chi connectivity index (χ2v) is 4.87. The molecule has 2 atom stereocenters. The van der Waals surface area contributed by atoms with Crippen LogP contribution in [0.5, 0.6) is 0 Å². The van der Waals surface area contributed by atoms with Gasteiger partial charge in [-0.25, -0.2) is 0 Å². The van der Waals surface area contributed by atoms with E-state index in [1.54, 1.807) is 0 Å². The fourth-order valence-electron chi connectivity index (χ4n) is 2.09. The van der Waals surface area contributed by atoms with E-state index in [-0.39, 0.29) is 0 Å². The third-order valence-electron chi connectivity index (χ3n) is 2.84. The molecule has 1 rings (SSSR count). The molecule has 0 bridgehead atoms. The van der Waals surface area contributed by atoms with E-state index in [0.717, 1.165) is 23.7 Å². The zero-order valence-electron chi connectivity index (χ0n) is 7.92. The van der Waals surface area contributed by atoms with Gasteiger partial charge in [0.25, 0.3) is 0 Å². The number of rotatable bonds is 2. The summed E-state index contributed by atoms with van der Waals surface area (Å²) in [5.74, 6) is 3.19. The molecule has 0 heterocycles. The summed E-state index contributed by atoms with van der Waals surface area (Å²) in [6, 6.07) is 0. The molecule has 1 heteroatoms. The summed E-state index contributed by atoms with van der Waals surface area (Å²) in [7, 11) is 0. The van der Waals surface area contributed by atoms with Gasteiger partial charge in [-0.05, 0) is 35.0 Å². The molecule has 0 aromatic heterocycles. The smallest absolute Gasteiger partial charge is 0.00320 e. The van der Waals surface area contributed by atoms with E-state index >= 15 is 0 Å². The fraction of sp³-hybridized carbons (Fsp3) is 0.900. The van der Waals surface area contributed by atoms with Gasteiger partial charge in [0, 0.05) is 0 Å². The van der Waals surface area contributed by atoms with E-state index in [0.29, 0.717) is 0 Å². The van der Waals surface area contributed by atoms with Gasteiger partial charge in [0.15, 0.2) is 0 Å². The Kier molecular flexibility index (Phi) is 2.69. The molecular formula is C10H18S. The SMILES string of the molecule is CC(C)C1CC(=S)C1C(C)C. The highest BCUT2D eigenvalue weighted by Gasteiger charge is 2.39. The first-order valence-electron chi connectivity index (χ1n) is 4.56. The Bertz CT molecular complexity index is 158. The topological polar surface area (TPSA) is 0 Å². The Morgan fingerprint density at radius 3 is 1.91 bits per heavy atom. The lowest BCUT2D eigenvalue weighted by Crippen LogP contribution is -2.42. The molecule has 0 nitrogen and oxygen atoms in total. The zero-order chi connectivity index (χ0) is 8.59. The van der Waals surface area contributed by atoms with Crippen molar-refractivity contribution < 1.29 is 0 Å². The Morgan fingerprint density at radius 1 is 1.18 bits per heavy atom. The maximum atomic E-state index is 5.28. The monoisotopic (exact) mass is 170 g/mol. The average molecular weight is 170 g/mol. The van der Waals surface area contributed by atoms with Crippen molar-refractivity contribution in [3.05, 3.63) is 0 Å². The van der Waals surface area contributed by atoms with Gasteiger partial charge in [0.2, 0.25) is 0 Å². The molecular weight excluding hydrogens is 152 g/mol.